The normalized spacial score (nSPS) is 13.8. The van der Waals surface area contributed by atoms with Crippen LogP contribution in [0.3, 0.4) is 0 Å². The third kappa shape index (κ3) is 1.89. The molecule has 1 aliphatic rings. The van der Waals surface area contributed by atoms with Crippen LogP contribution in [0.15, 0.2) is 40.9 Å². The van der Waals surface area contributed by atoms with Gasteiger partial charge in [0.15, 0.2) is 0 Å². The van der Waals surface area contributed by atoms with Gasteiger partial charge in [0.25, 0.3) is 11.8 Å². The molecule has 0 bridgehead atoms. The molecule has 0 aromatic heterocycles. The van der Waals surface area contributed by atoms with Crippen LogP contribution in [0, 0.1) is 5.82 Å². The van der Waals surface area contributed by atoms with Crippen LogP contribution in [0.4, 0.5) is 15.8 Å². The van der Waals surface area contributed by atoms with E-state index in [1.54, 1.807) is 18.2 Å². The van der Waals surface area contributed by atoms with Crippen molar-refractivity contribution in [3.05, 3.63) is 57.8 Å². The lowest BCUT2D eigenvalue weighted by Crippen LogP contribution is -2.29. The molecule has 2 amide bonds. The van der Waals surface area contributed by atoms with Crippen LogP contribution in [0.2, 0.25) is 0 Å². The van der Waals surface area contributed by atoms with Gasteiger partial charge in [0, 0.05) is 10.2 Å². The Morgan fingerprint density at radius 3 is 2.40 bits per heavy atom. The first kappa shape index (κ1) is 12.8. The quantitative estimate of drug-likeness (QED) is 0.644. The monoisotopic (exact) mass is 334 g/mol. The fraction of sp³-hybridized carbons (Fsp3) is 0. The Kier molecular flexibility index (Phi) is 2.83. The predicted octanol–water partition coefficient (Wildman–Crippen LogP) is 2.97. The molecule has 0 radical (unpaired) electrons. The second-order valence-corrected chi connectivity index (χ2v) is 5.29. The third-order valence-corrected chi connectivity index (χ3v) is 3.50. The lowest BCUT2D eigenvalue weighted by atomic mass is 10.1. The highest BCUT2D eigenvalue weighted by molar-refractivity contribution is 9.10. The topological polar surface area (TPSA) is 63.4 Å². The Labute approximate surface area is 122 Å². The van der Waals surface area contributed by atoms with Crippen LogP contribution >= 0.6 is 15.9 Å². The second kappa shape index (κ2) is 4.42. The fourth-order valence-electron chi connectivity index (χ4n) is 2.17. The van der Waals surface area contributed by atoms with E-state index in [1.807, 2.05) is 0 Å². The van der Waals surface area contributed by atoms with E-state index in [0.717, 1.165) is 17.0 Å². The summed E-state index contributed by atoms with van der Waals surface area (Å²) in [5, 5.41) is 0. The van der Waals surface area contributed by atoms with Crippen molar-refractivity contribution < 1.29 is 14.0 Å². The number of hydrogen-bond donors (Lipinski definition) is 1. The van der Waals surface area contributed by atoms with Gasteiger partial charge in [-0.3, -0.25) is 9.59 Å². The summed E-state index contributed by atoms with van der Waals surface area (Å²) in [5.41, 5.74) is 6.41. The number of nitrogen functional groups attached to an aromatic ring is 1. The molecule has 6 heteroatoms. The molecule has 4 nitrogen and oxygen atoms in total. The summed E-state index contributed by atoms with van der Waals surface area (Å²) in [6.07, 6.45) is 0. The summed E-state index contributed by atoms with van der Waals surface area (Å²) >= 11 is 3.25. The molecule has 1 heterocycles. The number of imide groups is 1. The Morgan fingerprint density at radius 1 is 1.00 bits per heavy atom. The highest BCUT2D eigenvalue weighted by Crippen LogP contribution is 2.31. The molecule has 100 valence electrons. The molecule has 0 atom stereocenters. The van der Waals surface area contributed by atoms with Crippen LogP contribution in [-0.2, 0) is 0 Å². The lowest BCUT2D eigenvalue weighted by Gasteiger charge is -2.14. The molecule has 0 saturated heterocycles. The standard InChI is InChI=1S/C14H8BrFN2O2/c15-7-1-2-11-12(3-7)14(20)18(13(11)19)10-5-8(16)4-9(17)6-10/h1-6H,17H2. The van der Waals surface area contributed by atoms with E-state index in [0.29, 0.717) is 10.0 Å². The van der Waals surface area contributed by atoms with Crippen molar-refractivity contribution in [3.63, 3.8) is 0 Å². The summed E-state index contributed by atoms with van der Waals surface area (Å²) in [6, 6.07) is 8.42. The average Bonchev–Trinajstić information content (AvgIpc) is 2.60. The predicted molar refractivity (Wildman–Crippen MR) is 76.1 cm³/mol. The third-order valence-electron chi connectivity index (χ3n) is 3.01. The van der Waals surface area contributed by atoms with E-state index < -0.39 is 17.6 Å². The van der Waals surface area contributed by atoms with Gasteiger partial charge in [-0.2, -0.15) is 0 Å². The lowest BCUT2D eigenvalue weighted by molar-refractivity contribution is 0.0926. The van der Waals surface area contributed by atoms with E-state index in [2.05, 4.69) is 15.9 Å². The second-order valence-electron chi connectivity index (χ2n) is 4.38. The largest absolute Gasteiger partial charge is 0.399 e. The van der Waals surface area contributed by atoms with E-state index >= 15 is 0 Å². The van der Waals surface area contributed by atoms with Gasteiger partial charge >= 0.3 is 0 Å². The maximum absolute atomic E-state index is 13.4. The highest BCUT2D eigenvalue weighted by Gasteiger charge is 2.36. The minimum Gasteiger partial charge on any atom is -0.399 e. The molecule has 2 aromatic carbocycles. The van der Waals surface area contributed by atoms with Crippen molar-refractivity contribution in [1.82, 2.24) is 0 Å². The maximum Gasteiger partial charge on any atom is 0.266 e. The molecule has 3 rings (SSSR count). The fourth-order valence-corrected chi connectivity index (χ4v) is 2.53. The van der Waals surface area contributed by atoms with Gasteiger partial charge in [-0.25, -0.2) is 9.29 Å². The van der Waals surface area contributed by atoms with E-state index in [1.165, 1.54) is 6.07 Å². The number of anilines is 2. The number of carbonyl (C=O) groups excluding carboxylic acids is 2. The molecule has 1 aliphatic heterocycles. The first-order chi connectivity index (χ1) is 9.47. The number of hydrogen-bond acceptors (Lipinski definition) is 3. The van der Waals surface area contributed by atoms with Crippen molar-refractivity contribution in [1.29, 1.82) is 0 Å². The molecule has 0 spiro atoms. The Morgan fingerprint density at radius 2 is 1.70 bits per heavy atom. The van der Waals surface area contributed by atoms with Gasteiger partial charge in [-0.1, -0.05) is 15.9 Å². The highest BCUT2D eigenvalue weighted by atomic mass is 79.9. The molecular weight excluding hydrogens is 327 g/mol. The van der Waals surface area contributed by atoms with Gasteiger partial charge in [0.1, 0.15) is 5.82 Å². The maximum atomic E-state index is 13.4. The van der Waals surface area contributed by atoms with Crippen molar-refractivity contribution in [2.45, 2.75) is 0 Å². The summed E-state index contributed by atoms with van der Waals surface area (Å²) in [7, 11) is 0. The van der Waals surface area contributed by atoms with Gasteiger partial charge in [-0.05, 0) is 36.4 Å². The zero-order valence-corrected chi connectivity index (χ0v) is 11.6. The number of nitrogens with zero attached hydrogens (tertiary/aromatic N) is 1. The van der Waals surface area contributed by atoms with E-state index in [-0.39, 0.29) is 16.9 Å². The first-order valence-corrected chi connectivity index (χ1v) is 6.51. The number of amides is 2. The Hall–Kier alpha value is -2.21. The minimum atomic E-state index is -0.599. The number of halogens is 2. The van der Waals surface area contributed by atoms with Crippen molar-refractivity contribution in [3.8, 4) is 0 Å². The van der Waals surface area contributed by atoms with Crippen LogP contribution in [0.25, 0.3) is 0 Å². The zero-order valence-electron chi connectivity index (χ0n) is 10.1. The van der Waals surface area contributed by atoms with Gasteiger partial charge in [0.2, 0.25) is 0 Å². The average molecular weight is 335 g/mol. The zero-order chi connectivity index (χ0) is 14.4. The molecule has 0 aliphatic carbocycles. The van der Waals surface area contributed by atoms with Crippen molar-refractivity contribution in [2.75, 3.05) is 10.6 Å². The van der Waals surface area contributed by atoms with Gasteiger partial charge in [-0.15, -0.1) is 0 Å². The van der Waals surface area contributed by atoms with E-state index in [9.17, 15) is 14.0 Å². The summed E-state index contributed by atoms with van der Waals surface area (Å²) < 4.78 is 14.1. The molecule has 20 heavy (non-hydrogen) atoms. The number of carbonyl (C=O) groups is 2. The molecular formula is C14H8BrFN2O2. The number of rotatable bonds is 1. The molecule has 0 unspecified atom stereocenters. The smallest absolute Gasteiger partial charge is 0.266 e. The Bertz CT molecular complexity index is 741. The van der Waals surface area contributed by atoms with Gasteiger partial charge < -0.3 is 5.73 Å². The summed E-state index contributed by atoms with van der Waals surface area (Å²) in [4.78, 5) is 25.5. The van der Waals surface area contributed by atoms with Gasteiger partial charge in [0.05, 0.1) is 16.8 Å². The summed E-state index contributed by atoms with van der Waals surface area (Å²) in [5.74, 6) is -1.57. The van der Waals surface area contributed by atoms with Crippen LogP contribution in [-0.4, -0.2) is 11.8 Å². The minimum absolute atomic E-state index is 0.129. The molecule has 0 fully saturated rings. The van der Waals surface area contributed by atoms with Crippen LogP contribution < -0.4 is 10.6 Å². The summed E-state index contributed by atoms with van der Waals surface area (Å²) in [6.45, 7) is 0. The Balaban J connectivity index is 2.14. The number of benzene rings is 2. The van der Waals surface area contributed by atoms with E-state index in [4.69, 9.17) is 5.73 Å². The van der Waals surface area contributed by atoms with Crippen LogP contribution in [0.1, 0.15) is 20.7 Å². The number of nitrogens with two attached hydrogens (primary N) is 1. The molecule has 2 aromatic rings. The SMILES string of the molecule is Nc1cc(F)cc(N2C(=O)c3ccc(Br)cc3C2=O)c1. The first-order valence-electron chi connectivity index (χ1n) is 5.72. The number of fused-ring (bicyclic) bond motifs is 1. The van der Waals surface area contributed by atoms with Crippen molar-refractivity contribution >= 4 is 39.1 Å². The van der Waals surface area contributed by atoms with Crippen LogP contribution in [0.5, 0.6) is 0 Å². The molecule has 0 saturated carbocycles. The van der Waals surface area contributed by atoms with Crippen molar-refractivity contribution in [2.24, 2.45) is 0 Å². The molecule has 2 N–H and O–H groups in total.